The van der Waals surface area contributed by atoms with Gasteiger partial charge in [0.05, 0.1) is 20.4 Å². The quantitative estimate of drug-likeness (QED) is 0.481. The van der Waals surface area contributed by atoms with E-state index in [1.807, 2.05) is 48.5 Å². The number of rotatable bonds is 5. The van der Waals surface area contributed by atoms with Gasteiger partial charge in [-0.25, -0.2) is 24.1 Å². The summed E-state index contributed by atoms with van der Waals surface area (Å²) < 4.78 is 12.9. The summed E-state index contributed by atoms with van der Waals surface area (Å²) in [6, 6.07) is 14.3. The Morgan fingerprint density at radius 2 is 1.78 bits per heavy atom. The highest BCUT2D eigenvalue weighted by atomic mass is 16.5. The van der Waals surface area contributed by atoms with Crippen molar-refractivity contribution in [1.29, 1.82) is 0 Å². The van der Waals surface area contributed by atoms with E-state index >= 15 is 0 Å². The molecule has 2 heterocycles. The van der Waals surface area contributed by atoms with Gasteiger partial charge in [0, 0.05) is 26.2 Å². The molecule has 1 amide bonds. The van der Waals surface area contributed by atoms with Gasteiger partial charge >= 0.3 is 11.7 Å². The van der Waals surface area contributed by atoms with Crippen molar-refractivity contribution < 1.29 is 14.3 Å². The molecule has 2 aromatic carbocycles. The van der Waals surface area contributed by atoms with Gasteiger partial charge in [-0.3, -0.25) is 4.57 Å². The van der Waals surface area contributed by atoms with Crippen molar-refractivity contribution in [1.82, 2.24) is 24.0 Å². The predicted octanol–water partition coefficient (Wildman–Crippen LogP) is 2.91. The smallest absolute Gasteiger partial charge is 0.338 e. The molecule has 9 heteroatoms. The van der Waals surface area contributed by atoms with E-state index in [9.17, 15) is 9.59 Å². The van der Waals surface area contributed by atoms with E-state index in [1.165, 1.54) is 15.7 Å². The average Bonchev–Trinajstić information content (AvgIpc) is 3.08. The number of hydrogen-bond donors (Lipinski definition) is 0. The van der Waals surface area contributed by atoms with Crippen LogP contribution in [0.3, 0.4) is 0 Å². The molecule has 0 fully saturated rings. The van der Waals surface area contributed by atoms with Gasteiger partial charge in [-0.05, 0) is 29.8 Å². The highest BCUT2D eigenvalue weighted by Crippen LogP contribution is 2.22. The molecular formula is C23H23N5O4. The van der Waals surface area contributed by atoms with Crippen LogP contribution in [-0.2, 0) is 13.6 Å². The fraction of sp³-hybridized carbons (Fsp3) is 0.217. The Morgan fingerprint density at radius 3 is 2.47 bits per heavy atom. The summed E-state index contributed by atoms with van der Waals surface area (Å²) in [5.41, 5.74) is 1.88. The van der Waals surface area contributed by atoms with E-state index in [1.54, 1.807) is 28.3 Å². The first-order valence-electron chi connectivity index (χ1n) is 9.90. The normalized spacial score (nSPS) is 10.9. The van der Waals surface area contributed by atoms with Gasteiger partial charge in [-0.2, -0.15) is 0 Å². The number of aryl methyl sites for hydroxylation is 1. The molecular weight excluding hydrogens is 410 g/mol. The summed E-state index contributed by atoms with van der Waals surface area (Å²) >= 11 is 0. The lowest BCUT2D eigenvalue weighted by molar-refractivity contribution is 0.208. The Morgan fingerprint density at radius 1 is 1.06 bits per heavy atom. The lowest BCUT2D eigenvalue weighted by Crippen LogP contribution is -2.37. The first-order valence-corrected chi connectivity index (χ1v) is 9.90. The number of hydrogen-bond acceptors (Lipinski definition) is 6. The van der Waals surface area contributed by atoms with Gasteiger partial charge in [-0.1, -0.05) is 24.3 Å². The molecule has 0 aliphatic carbocycles. The van der Waals surface area contributed by atoms with E-state index in [4.69, 9.17) is 9.47 Å². The number of carbonyl (C=O) groups is 1. The molecule has 0 aliphatic heterocycles. The van der Waals surface area contributed by atoms with Crippen LogP contribution in [0.1, 0.15) is 5.56 Å². The number of aromatic nitrogens is 4. The number of fused-ring (bicyclic) bond motifs is 1. The first-order chi connectivity index (χ1) is 15.4. The predicted molar refractivity (Wildman–Crippen MR) is 120 cm³/mol. The summed E-state index contributed by atoms with van der Waals surface area (Å²) in [7, 11) is 6.41. The van der Waals surface area contributed by atoms with E-state index in [0.29, 0.717) is 29.3 Å². The SMILES string of the molecule is COc1ccc(CN(C)C(=O)n2c(=O)n(C)c3nc(-c4cccc(OC)c4)ncc32)cc1. The Hall–Kier alpha value is -4.14. The second kappa shape index (κ2) is 8.54. The van der Waals surface area contributed by atoms with Gasteiger partial charge in [0.2, 0.25) is 0 Å². The third kappa shape index (κ3) is 3.80. The zero-order valence-corrected chi connectivity index (χ0v) is 18.3. The van der Waals surface area contributed by atoms with Gasteiger partial charge < -0.3 is 14.4 Å². The highest BCUT2D eigenvalue weighted by molar-refractivity contribution is 5.88. The van der Waals surface area contributed by atoms with Gasteiger partial charge in [0.1, 0.15) is 17.0 Å². The third-order valence-electron chi connectivity index (χ3n) is 5.21. The van der Waals surface area contributed by atoms with E-state index < -0.39 is 11.7 Å². The number of ether oxygens (including phenoxy) is 2. The second-order valence-electron chi connectivity index (χ2n) is 7.30. The zero-order valence-electron chi connectivity index (χ0n) is 18.3. The van der Waals surface area contributed by atoms with Crippen LogP contribution in [0.4, 0.5) is 4.79 Å². The van der Waals surface area contributed by atoms with Crippen molar-refractivity contribution in [3.63, 3.8) is 0 Å². The van der Waals surface area contributed by atoms with Crippen LogP contribution in [0.5, 0.6) is 11.5 Å². The summed E-state index contributed by atoms with van der Waals surface area (Å²) in [6.07, 6.45) is 1.50. The van der Waals surface area contributed by atoms with E-state index in [-0.39, 0.29) is 0 Å². The van der Waals surface area contributed by atoms with Gasteiger partial charge in [-0.15, -0.1) is 0 Å². The molecule has 0 unspecified atom stereocenters. The molecule has 0 bridgehead atoms. The minimum Gasteiger partial charge on any atom is -0.497 e. The van der Waals surface area contributed by atoms with Crippen molar-refractivity contribution >= 4 is 17.2 Å². The van der Waals surface area contributed by atoms with Crippen LogP contribution in [0.25, 0.3) is 22.6 Å². The molecule has 0 saturated carbocycles. The maximum absolute atomic E-state index is 13.1. The molecule has 0 atom stereocenters. The topological polar surface area (TPSA) is 91.5 Å². The number of amides is 1. The number of carbonyl (C=O) groups excluding carboxylic acids is 1. The molecule has 0 N–H and O–H groups in total. The molecule has 0 spiro atoms. The van der Waals surface area contributed by atoms with Crippen molar-refractivity contribution in [3.05, 3.63) is 70.8 Å². The number of imidazole rings is 1. The molecule has 4 aromatic rings. The van der Waals surface area contributed by atoms with Crippen LogP contribution < -0.4 is 15.2 Å². The summed E-state index contributed by atoms with van der Waals surface area (Å²) in [5.74, 6) is 1.84. The molecule has 2 aromatic heterocycles. The third-order valence-corrected chi connectivity index (χ3v) is 5.21. The monoisotopic (exact) mass is 433 g/mol. The summed E-state index contributed by atoms with van der Waals surface area (Å²) in [6.45, 7) is 0.328. The van der Waals surface area contributed by atoms with Crippen LogP contribution in [0.15, 0.2) is 59.5 Å². The summed E-state index contributed by atoms with van der Waals surface area (Å²) in [5, 5.41) is 0. The Labute approximate surface area is 184 Å². The fourth-order valence-corrected chi connectivity index (χ4v) is 3.44. The Bertz CT molecular complexity index is 1340. The fourth-order valence-electron chi connectivity index (χ4n) is 3.44. The minimum absolute atomic E-state index is 0.328. The van der Waals surface area contributed by atoms with Crippen molar-refractivity contribution in [2.24, 2.45) is 7.05 Å². The molecule has 0 aliphatic rings. The van der Waals surface area contributed by atoms with Crippen LogP contribution in [0, 0.1) is 0 Å². The van der Waals surface area contributed by atoms with Crippen LogP contribution in [-0.4, -0.2) is 51.3 Å². The standard InChI is InChI=1S/C23H23N5O4/c1-26(14-15-8-10-17(31-3)11-9-15)22(29)28-19-13-24-20(25-21(19)27(2)23(28)30)16-6-5-7-18(12-16)32-4/h5-13H,14H2,1-4H3. The lowest BCUT2D eigenvalue weighted by atomic mass is 10.2. The van der Waals surface area contributed by atoms with Gasteiger partial charge in [0.15, 0.2) is 11.5 Å². The molecule has 164 valence electrons. The molecule has 9 nitrogen and oxygen atoms in total. The number of methoxy groups -OCH3 is 2. The van der Waals surface area contributed by atoms with Gasteiger partial charge in [0.25, 0.3) is 0 Å². The lowest BCUT2D eigenvalue weighted by Gasteiger charge is -2.17. The van der Waals surface area contributed by atoms with E-state index in [0.717, 1.165) is 21.4 Å². The maximum Gasteiger partial charge on any atom is 0.338 e. The molecule has 0 saturated heterocycles. The maximum atomic E-state index is 13.1. The minimum atomic E-state index is -0.483. The first kappa shape index (κ1) is 21.1. The van der Waals surface area contributed by atoms with Crippen molar-refractivity contribution in [3.8, 4) is 22.9 Å². The molecule has 32 heavy (non-hydrogen) atoms. The van der Waals surface area contributed by atoms with Crippen molar-refractivity contribution in [2.45, 2.75) is 6.54 Å². The number of benzene rings is 2. The highest BCUT2D eigenvalue weighted by Gasteiger charge is 2.22. The van der Waals surface area contributed by atoms with E-state index in [2.05, 4.69) is 9.97 Å². The van der Waals surface area contributed by atoms with Crippen molar-refractivity contribution in [2.75, 3.05) is 21.3 Å². The Kier molecular flexibility index (Phi) is 5.63. The molecule has 0 radical (unpaired) electrons. The zero-order chi connectivity index (χ0) is 22.8. The summed E-state index contributed by atoms with van der Waals surface area (Å²) in [4.78, 5) is 36.4. The second-order valence-corrected chi connectivity index (χ2v) is 7.30. The van der Waals surface area contributed by atoms with Crippen LogP contribution in [0.2, 0.25) is 0 Å². The van der Waals surface area contributed by atoms with Crippen LogP contribution >= 0.6 is 0 Å². The average molecular weight is 433 g/mol. The molecule has 4 rings (SSSR count). The Balaban J connectivity index is 1.68. The number of nitrogens with zero attached hydrogens (tertiary/aromatic N) is 5. The largest absolute Gasteiger partial charge is 0.497 e.